The van der Waals surface area contributed by atoms with Crippen molar-refractivity contribution in [3.05, 3.63) is 75.3 Å². The Hall–Kier alpha value is -2.51. The minimum absolute atomic E-state index is 0.137. The third-order valence-electron chi connectivity index (χ3n) is 4.22. The van der Waals surface area contributed by atoms with Crippen LogP contribution in [0.15, 0.2) is 59.1 Å². The summed E-state index contributed by atoms with van der Waals surface area (Å²) in [7, 11) is 0. The smallest absolute Gasteiger partial charge is 0.252 e. The minimum Gasteiger partial charge on any atom is -0.346 e. The number of aromatic nitrogens is 3. The monoisotopic (exact) mass is 440 g/mol. The molecule has 0 spiro atoms. The standard InChI is InChI=1S/C20H17BrN4OS/c1-2-17-24-25-16(12-22-19(26)14-10-6-7-11-15(14)21)18(23-20(25)27-17)13-8-4-3-5-9-13/h3-11H,2,12H2,1H3,(H,22,26). The number of carbonyl (C=O) groups excluding carboxylic acids is 1. The highest BCUT2D eigenvalue weighted by atomic mass is 79.9. The summed E-state index contributed by atoms with van der Waals surface area (Å²) in [4.78, 5) is 18.2. The number of imidazole rings is 1. The van der Waals surface area contributed by atoms with Crippen LogP contribution < -0.4 is 5.32 Å². The van der Waals surface area contributed by atoms with Gasteiger partial charge >= 0.3 is 0 Å². The highest BCUT2D eigenvalue weighted by molar-refractivity contribution is 9.10. The average molecular weight is 441 g/mol. The molecular formula is C20H17BrN4OS. The second-order valence-corrected chi connectivity index (χ2v) is 7.87. The van der Waals surface area contributed by atoms with E-state index >= 15 is 0 Å². The van der Waals surface area contributed by atoms with Gasteiger partial charge in [-0.25, -0.2) is 9.50 Å². The van der Waals surface area contributed by atoms with E-state index in [1.54, 1.807) is 17.4 Å². The zero-order valence-electron chi connectivity index (χ0n) is 14.6. The van der Waals surface area contributed by atoms with Gasteiger partial charge in [-0.1, -0.05) is 60.7 Å². The number of halogens is 1. The van der Waals surface area contributed by atoms with E-state index in [0.717, 1.165) is 37.8 Å². The number of nitrogens with one attached hydrogen (secondary N) is 1. The topological polar surface area (TPSA) is 59.3 Å². The van der Waals surface area contributed by atoms with E-state index in [1.165, 1.54) is 0 Å². The highest BCUT2D eigenvalue weighted by Crippen LogP contribution is 2.27. The second kappa shape index (κ2) is 7.62. The molecule has 4 aromatic rings. The summed E-state index contributed by atoms with van der Waals surface area (Å²) in [5.41, 5.74) is 3.35. The van der Waals surface area contributed by atoms with Gasteiger partial charge in [0.05, 0.1) is 23.5 Å². The van der Waals surface area contributed by atoms with Gasteiger partial charge < -0.3 is 5.32 Å². The normalized spacial score (nSPS) is 11.0. The molecule has 0 unspecified atom stereocenters. The van der Waals surface area contributed by atoms with E-state index in [9.17, 15) is 4.79 Å². The number of hydrogen-bond acceptors (Lipinski definition) is 4. The van der Waals surface area contributed by atoms with E-state index < -0.39 is 0 Å². The Morgan fingerprint density at radius 2 is 1.89 bits per heavy atom. The fourth-order valence-corrected chi connectivity index (χ4v) is 4.18. The summed E-state index contributed by atoms with van der Waals surface area (Å²) in [6, 6.07) is 17.4. The van der Waals surface area contributed by atoms with Gasteiger partial charge in [-0.15, -0.1) is 0 Å². The fourth-order valence-electron chi connectivity index (χ4n) is 2.86. The van der Waals surface area contributed by atoms with E-state index in [-0.39, 0.29) is 5.91 Å². The molecular weight excluding hydrogens is 424 g/mol. The van der Waals surface area contributed by atoms with Crippen LogP contribution in [-0.2, 0) is 13.0 Å². The molecule has 1 N–H and O–H groups in total. The number of aryl methyl sites for hydroxylation is 1. The van der Waals surface area contributed by atoms with Crippen molar-refractivity contribution in [2.75, 3.05) is 0 Å². The zero-order valence-corrected chi connectivity index (χ0v) is 17.0. The molecule has 0 saturated carbocycles. The molecule has 0 aliphatic carbocycles. The van der Waals surface area contributed by atoms with Crippen molar-refractivity contribution in [1.29, 1.82) is 0 Å². The van der Waals surface area contributed by atoms with Gasteiger partial charge in [-0.2, -0.15) is 5.10 Å². The molecule has 27 heavy (non-hydrogen) atoms. The Bertz CT molecular complexity index is 1100. The Morgan fingerprint density at radius 1 is 1.15 bits per heavy atom. The molecule has 0 fully saturated rings. The van der Waals surface area contributed by atoms with Crippen molar-refractivity contribution in [2.45, 2.75) is 19.9 Å². The maximum Gasteiger partial charge on any atom is 0.252 e. The quantitative estimate of drug-likeness (QED) is 0.488. The predicted octanol–water partition coefficient (Wildman–Crippen LogP) is 4.71. The molecule has 1 amide bonds. The van der Waals surface area contributed by atoms with Crippen LogP contribution in [0.25, 0.3) is 16.2 Å². The molecule has 2 heterocycles. The van der Waals surface area contributed by atoms with Gasteiger partial charge in [-0.05, 0) is 34.5 Å². The molecule has 5 nitrogen and oxygen atoms in total. The lowest BCUT2D eigenvalue weighted by Gasteiger charge is -2.08. The number of nitrogens with zero attached hydrogens (tertiary/aromatic N) is 3. The first-order valence-corrected chi connectivity index (χ1v) is 10.2. The molecule has 2 aromatic heterocycles. The lowest BCUT2D eigenvalue weighted by Crippen LogP contribution is -2.24. The van der Waals surface area contributed by atoms with Crippen LogP contribution in [-0.4, -0.2) is 20.5 Å². The molecule has 0 radical (unpaired) electrons. The molecule has 7 heteroatoms. The molecule has 0 bridgehead atoms. The highest BCUT2D eigenvalue weighted by Gasteiger charge is 2.19. The summed E-state index contributed by atoms with van der Waals surface area (Å²) in [6.07, 6.45) is 0.859. The van der Waals surface area contributed by atoms with Crippen molar-refractivity contribution in [3.8, 4) is 11.3 Å². The van der Waals surface area contributed by atoms with Crippen LogP contribution in [0.2, 0.25) is 0 Å². The number of fused-ring (bicyclic) bond motifs is 1. The first kappa shape index (κ1) is 17.9. The number of amides is 1. The van der Waals surface area contributed by atoms with Crippen molar-refractivity contribution in [3.63, 3.8) is 0 Å². The zero-order chi connectivity index (χ0) is 18.8. The summed E-state index contributed by atoms with van der Waals surface area (Å²) >= 11 is 5.01. The Morgan fingerprint density at radius 3 is 2.63 bits per heavy atom. The van der Waals surface area contributed by atoms with Gasteiger partial charge in [-0.3, -0.25) is 4.79 Å². The summed E-state index contributed by atoms with van der Waals surface area (Å²) in [5, 5.41) is 8.69. The Kier molecular flexibility index (Phi) is 5.05. The van der Waals surface area contributed by atoms with Crippen LogP contribution in [0, 0.1) is 0 Å². The largest absolute Gasteiger partial charge is 0.346 e. The third-order valence-corrected chi connectivity index (χ3v) is 5.97. The van der Waals surface area contributed by atoms with Crippen LogP contribution in [0.1, 0.15) is 28.0 Å². The predicted molar refractivity (Wildman–Crippen MR) is 111 cm³/mol. The lowest BCUT2D eigenvalue weighted by atomic mass is 10.1. The third kappa shape index (κ3) is 3.52. The van der Waals surface area contributed by atoms with Crippen molar-refractivity contribution >= 4 is 38.1 Å². The average Bonchev–Trinajstić information content (AvgIpc) is 3.25. The van der Waals surface area contributed by atoms with E-state index in [2.05, 4.69) is 33.3 Å². The Balaban J connectivity index is 1.70. The summed E-state index contributed by atoms with van der Waals surface area (Å²) < 4.78 is 2.62. The molecule has 0 aliphatic heterocycles. The SMILES string of the molecule is CCc1nn2c(CNC(=O)c3ccccc3Br)c(-c3ccccc3)nc2s1. The first-order valence-electron chi connectivity index (χ1n) is 8.63. The maximum atomic E-state index is 12.6. The molecule has 136 valence electrons. The molecule has 0 saturated heterocycles. The van der Waals surface area contributed by atoms with Gasteiger partial charge in [0.1, 0.15) is 5.01 Å². The van der Waals surface area contributed by atoms with Gasteiger partial charge in [0.25, 0.3) is 5.91 Å². The first-order chi connectivity index (χ1) is 13.2. The van der Waals surface area contributed by atoms with Crippen LogP contribution in [0.5, 0.6) is 0 Å². The van der Waals surface area contributed by atoms with Gasteiger partial charge in [0.2, 0.25) is 4.96 Å². The number of hydrogen-bond donors (Lipinski definition) is 1. The minimum atomic E-state index is -0.137. The molecule has 4 rings (SSSR count). The van der Waals surface area contributed by atoms with Crippen molar-refractivity contribution < 1.29 is 4.79 Å². The van der Waals surface area contributed by atoms with Crippen molar-refractivity contribution in [2.24, 2.45) is 0 Å². The van der Waals surface area contributed by atoms with E-state index in [1.807, 2.05) is 53.0 Å². The van der Waals surface area contributed by atoms with Crippen LogP contribution in [0.4, 0.5) is 0 Å². The number of rotatable bonds is 5. The fraction of sp³-hybridized carbons (Fsp3) is 0.150. The van der Waals surface area contributed by atoms with Gasteiger partial charge in [0.15, 0.2) is 0 Å². The van der Waals surface area contributed by atoms with E-state index in [0.29, 0.717) is 12.1 Å². The Labute approximate surface area is 169 Å². The maximum absolute atomic E-state index is 12.6. The molecule has 0 aliphatic rings. The van der Waals surface area contributed by atoms with Crippen LogP contribution in [0.3, 0.4) is 0 Å². The lowest BCUT2D eigenvalue weighted by molar-refractivity contribution is 0.0949. The number of benzene rings is 2. The number of carbonyl (C=O) groups is 1. The second-order valence-electron chi connectivity index (χ2n) is 5.98. The molecule has 2 aromatic carbocycles. The van der Waals surface area contributed by atoms with Crippen LogP contribution >= 0.6 is 27.3 Å². The van der Waals surface area contributed by atoms with E-state index in [4.69, 9.17) is 4.98 Å². The van der Waals surface area contributed by atoms with Gasteiger partial charge in [0, 0.05) is 10.0 Å². The van der Waals surface area contributed by atoms with Crippen molar-refractivity contribution in [1.82, 2.24) is 19.9 Å². The molecule has 0 atom stereocenters. The summed E-state index contributed by atoms with van der Waals surface area (Å²) in [5.74, 6) is -0.137. The summed E-state index contributed by atoms with van der Waals surface area (Å²) in [6.45, 7) is 2.42.